The van der Waals surface area contributed by atoms with Crippen molar-refractivity contribution >= 4 is 28.4 Å². The Balaban J connectivity index is 1.55. The molecule has 1 aliphatic rings. The van der Waals surface area contributed by atoms with E-state index in [0.717, 1.165) is 22.3 Å². The maximum absolute atomic E-state index is 12.7. The summed E-state index contributed by atoms with van der Waals surface area (Å²) < 4.78 is 0. The maximum atomic E-state index is 12.7. The number of carbonyl (C=O) groups is 2. The zero-order valence-corrected chi connectivity index (χ0v) is 16.4. The van der Waals surface area contributed by atoms with Crippen molar-refractivity contribution < 1.29 is 14.5 Å². The number of aromatic amines is 1. The first-order valence-electron chi connectivity index (χ1n) is 9.84. The number of H-pyrrole nitrogens is 1. The third kappa shape index (κ3) is 3.07. The highest BCUT2D eigenvalue weighted by molar-refractivity contribution is 6.21. The summed E-state index contributed by atoms with van der Waals surface area (Å²) >= 11 is 0. The number of amides is 2. The molecule has 0 saturated heterocycles. The van der Waals surface area contributed by atoms with Crippen molar-refractivity contribution in [2.24, 2.45) is 0 Å². The van der Waals surface area contributed by atoms with Gasteiger partial charge in [0.1, 0.15) is 0 Å². The van der Waals surface area contributed by atoms with Crippen LogP contribution in [0.5, 0.6) is 0 Å². The van der Waals surface area contributed by atoms with Gasteiger partial charge in [0.25, 0.3) is 17.5 Å². The van der Waals surface area contributed by atoms with E-state index in [1.807, 2.05) is 30.3 Å². The molecule has 0 radical (unpaired) electrons. The molecule has 0 bridgehead atoms. The summed E-state index contributed by atoms with van der Waals surface area (Å²) in [4.78, 5) is 41.0. The van der Waals surface area contributed by atoms with E-state index in [-0.39, 0.29) is 24.0 Å². The summed E-state index contributed by atoms with van der Waals surface area (Å²) in [6, 6.07) is 21.1. The Hall–Kier alpha value is -4.26. The molecule has 31 heavy (non-hydrogen) atoms. The van der Waals surface area contributed by atoms with E-state index in [1.165, 1.54) is 17.0 Å². The number of nitro groups is 1. The van der Waals surface area contributed by atoms with Gasteiger partial charge in [-0.25, -0.2) is 0 Å². The molecule has 0 spiro atoms. The molecule has 1 aromatic heterocycles. The molecular weight excluding hydrogens is 394 g/mol. The van der Waals surface area contributed by atoms with Crippen molar-refractivity contribution in [2.75, 3.05) is 6.54 Å². The van der Waals surface area contributed by atoms with Gasteiger partial charge < -0.3 is 4.98 Å². The number of hydrogen-bond acceptors (Lipinski definition) is 4. The van der Waals surface area contributed by atoms with Crippen LogP contribution in [0, 0.1) is 10.1 Å². The standard InChI is InChI=1S/C24H17N3O4/c28-23-18-8-4-5-9-19(18)24(29)26(23)13-12-17-20-14-16(27(30)31)10-11-21(20)25-22(17)15-6-2-1-3-7-15/h1-11,14,25H,12-13H2. The summed E-state index contributed by atoms with van der Waals surface area (Å²) in [6.07, 6.45) is 0.372. The quantitative estimate of drug-likeness (QED) is 0.295. The monoisotopic (exact) mass is 411 g/mol. The zero-order valence-electron chi connectivity index (χ0n) is 16.4. The minimum absolute atomic E-state index is 0.00640. The van der Waals surface area contributed by atoms with Crippen LogP contribution in [0.2, 0.25) is 0 Å². The average molecular weight is 411 g/mol. The lowest BCUT2D eigenvalue weighted by Crippen LogP contribution is -2.31. The number of nitrogens with zero attached hydrogens (tertiary/aromatic N) is 2. The first-order valence-corrected chi connectivity index (χ1v) is 9.84. The largest absolute Gasteiger partial charge is 0.354 e. The minimum atomic E-state index is -0.428. The Labute approximate surface area is 177 Å². The Morgan fingerprint density at radius 2 is 1.52 bits per heavy atom. The Morgan fingerprint density at radius 1 is 0.871 bits per heavy atom. The normalized spacial score (nSPS) is 13.1. The van der Waals surface area contributed by atoms with E-state index >= 15 is 0 Å². The maximum Gasteiger partial charge on any atom is 0.270 e. The summed E-state index contributed by atoms with van der Waals surface area (Å²) in [7, 11) is 0. The van der Waals surface area contributed by atoms with Gasteiger partial charge in [0, 0.05) is 35.3 Å². The van der Waals surface area contributed by atoms with Crippen molar-refractivity contribution in [1.82, 2.24) is 9.88 Å². The molecule has 0 saturated carbocycles. The fraction of sp³-hybridized carbons (Fsp3) is 0.0833. The molecule has 0 aliphatic carbocycles. The molecule has 0 atom stereocenters. The van der Waals surface area contributed by atoms with Crippen LogP contribution in [-0.2, 0) is 6.42 Å². The number of imide groups is 1. The number of fused-ring (bicyclic) bond motifs is 2. The molecule has 7 nitrogen and oxygen atoms in total. The van der Waals surface area contributed by atoms with Gasteiger partial charge in [-0.1, -0.05) is 42.5 Å². The fourth-order valence-electron chi connectivity index (χ4n) is 4.13. The number of nitro benzene ring substituents is 1. The molecule has 7 heteroatoms. The number of carbonyl (C=O) groups excluding carboxylic acids is 2. The SMILES string of the molecule is O=C1c2ccccc2C(=O)N1CCc1c(-c2ccccc2)[nH]c2ccc([N+](=O)[O-])cc12. The number of hydrogen-bond donors (Lipinski definition) is 1. The predicted molar refractivity (Wildman–Crippen MR) is 116 cm³/mol. The van der Waals surface area contributed by atoms with Crippen LogP contribution in [0.25, 0.3) is 22.2 Å². The third-order valence-electron chi connectivity index (χ3n) is 5.63. The van der Waals surface area contributed by atoms with Gasteiger partial charge in [-0.3, -0.25) is 24.6 Å². The Kier molecular flexibility index (Phi) is 4.36. The zero-order chi connectivity index (χ0) is 21.5. The highest BCUT2D eigenvalue weighted by Gasteiger charge is 2.35. The fourth-order valence-corrected chi connectivity index (χ4v) is 4.13. The van der Waals surface area contributed by atoms with Crippen LogP contribution in [0.15, 0.2) is 72.8 Å². The van der Waals surface area contributed by atoms with Gasteiger partial charge in [-0.2, -0.15) is 0 Å². The molecule has 152 valence electrons. The number of benzene rings is 3. The van der Waals surface area contributed by atoms with Crippen molar-refractivity contribution in [3.8, 4) is 11.3 Å². The van der Waals surface area contributed by atoms with Crippen LogP contribution < -0.4 is 0 Å². The Bertz CT molecular complexity index is 1320. The van der Waals surface area contributed by atoms with Crippen molar-refractivity contribution in [1.29, 1.82) is 0 Å². The molecule has 0 fully saturated rings. The average Bonchev–Trinajstić information content (AvgIpc) is 3.28. The van der Waals surface area contributed by atoms with E-state index in [2.05, 4.69) is 4.98 Å². The van der Waals surface area contributed by atoms with Gasteiger partial charge in [0.05, 0.1) is 16.1 Å². The van der Waals surface area contributed by atoms with Gasteiger partial charge >= 0.3 is 0 Å². The second-order valence-corrected chi connectivity index (χ2v) is 7.39. The summed E-state index contributed by atoms with van der Waals surface area (Å²) in [5.74, 6) is -0.625. The molecule has 1 aliphatic heterocycles. The first-order chi connectivity index (χ1) is 15.0. The summed E-state index contributed by atoms with van der Waals surface area (Å²) in [5, 5.41) is 12.0. The molecule has 1 N–H and O–H groups in total. The van der Waals surface area contributed by atoms with E-state index in [4.69, 9.17) is 0 Å². The molecule has 0 unspecified atom stereocenters. The van der Waals surface area contributed by atoms with Crippen LogP contribution >= 0.6 is 0 Å². The number of nitrogens with one attached hydrogen (secondary N) is 1. The van der Waals surface area contributed by atoms with Gasteiger partial charge in [0.15, 0.2) is 0 Å². The lowest BCUT2D eigenvalue weighted by molar-refractivity contribution is -0.384. The molecule has 3 aromatic carbocycles. The lowest BCUT2D eigenvalue weighted by atomic mass is 10.0. The lowest BCUT2D eigenvalue weighted by Gasteiger charge is -2.14. The highest BCUT2D eigenvalue weighted by atomic mass is 16.6. The van der Waals surface area contributed by atoms with Gasteiger partial charge in [-0.05, 0) is 35.7 Å². The second kappa shape index (κ2) is 7.21. The van der Waals surface area contributed by atoms with E-state index in [1.54, 1.807) is 30.3 Å². The number of aromatic nitrogens is 1. The molecule has 2 amide bonds. The topological polar surface area (TPSA) is 96.3 Å². The highest BCUT2D eigenvalue weighted by Crippen LogP contribution is 2.33. The van der Waals surface area contributed by atoms with Crippen molar-refractivity contribution in [3.05, 3.63) is 99.6 Å². The van der Waals surface area contributed by atoms with Crippen molar-refractivity contribution in [3.63, 3.8) is 0 Å². The predicted octanol–water partition coefficient (Wildman–Crippen LogP) is 4.58. The van der Waals surface area contributed by atoms with E-state index in [0.29, 0.717) is 22.9 Å². The summed E-state index contributed by atoms with van der Waals surface area (Å²) in [5.41, 5.74) is 4.17. The Morgan fingerprint density at radius 3 is 2.16 bits per heavy atom. The molecule has 2 heterocycles. The second-order valence-electron chi connectivity index (χ2n) is 7.39. The summed E-state index contributed by atoms with van der Waals surface area (Å²) in [6.45, 7) is 0.182. The minimum Gasteiger partial charge on any atom is -0.354 e. The molecule has 4 aromatic rings. The van der Waals surface area contributed by atoms with E-state index < -0.39 is 4.92 Å². The number of rotatable bonds is 5. The van der Waals surface area contributed by atoms with Crippen LogP contribution in [0.4, 0.5) is 5.69 Å². The van der Waals surface area contributed by atoms with Crippen molar-refractivity contribution in [2.45, 2.75) is 6.42 Å². The van der Waals surface area contributed by atoms with Crippen LogP contribution in [0.1, 0.15) is 26.3 Å². The van der Waals surface area contributed by atoms with E-state index in [9.17, 15) is 19.7 Å². The van der Waals surface area contributed by atoms with Crippen LogP contribution in [-0.4, -0.2) is 33.2 Å². The first kappa shape index (κ1) is 18.7. The number of non-ortho nitro benzene ring substituents is 1. The smallest absolute Gasteiger partial charge is 0.270 e. The van der Waals surface area contributed by atoms with Gasteiger partial charge in [0.2, 0.25) is 0 Å². The third-order valence-corrected chi connectivity index (χ3v) is 5.63. The molecular formula is C24H17N3O4. The van der Waals surface area contributed by atoms with Crippen LogP contribution in [0.3, 0.4) is 0 Å². The molecule has 5 rings (SSSR count). The van der Waals surface area contributed by atoms with Gasteiger partial charge in [-0.15, -0.1) is 0 Å².